The smallest absolute Gasteiger partial charge is 0.211 e. The number of carbonyl (C=O) groups excluding carboxylic acids is 1. The first-order valence-electron chi connectivity index (χ1n) is 4.90. The van der Waals surface area contributed by atoms with Gasteiger partial charge >= 0.3 is 0 Å². The SMILES string of the molecule is C=C(C)c1cccc(C(C)N=C=O)c1C. The third kappa shape index (κ3) is 2.42. The number of benzene rings is 1. The summed E-state index contributed by atoms with van der Waals surface area (Å²) in [6.07, 6.45) is 1.59. The van der Waals surface area contributed by atoms with Crippen LogP contribution in [0.15, 0.2) is 29.8 Å². The van der Waals surface area contributed by atoms with Crippen LogP contribution >= 0.6 is 0 Å². The van der Waals surface area contributed by atoms with E-state index in [0.717, 1.165) is 22.3 Å². The van der Waals surface area contributed by atoms with Crippen LogP contribution in [0, 0.1) is 6.92 Å². The minimum Gasteiger partial charge on any atom is -0.211 e. The lowest BCUT2D eigenvalue weighted by Gasteiger charge is -2.13. The minimum atomic E-state index is -0.137. The molecule has 1 rings (SSSR count). The van der Waals surface area contributed by atoms with Gasteiger partial charge in [-0.25, -0.2) is 4.79 Å². The molecule has 0 saturated carbocycles. The average molecular weight is 201 g/mol. The van der Waals surface area contributed by atoms with Gasteiger partial charge in [-0.15, -0.1) is 0 Å². The Morgan fingerprint density at radius 2 is 2.20 bits per heavy atom. The molecule has 0 bridgehead atoms. The second-order valence-corrected chi connectivity index (χ2v) is 3.70. The molecule has 0 saturated heterocycles. The molecule has 1 aromatic carbocycles. The average Bonchev–Trinajstić information content (AvgIpc) is 2.17. The van der Waals surface area contributed by atoms with Crippen LogP contribution < -0.4 is 0 Å². The lowest BCUT2D eigenvalue weighted by Crippen LogP contribution is -1.96. The Hall–Kier alpha value is -1.66. The molecule has 2 heteroatoms. The third-order valence-electron chi connectivity index (χ3n) is 2.53. The molecular weight excluding hydrogens is 186 g/mol. The molecular formula is C13H15NO. The summed E-state index contributed by atoms with van der Waals surface area (Å²) in [5.41, 5.74) is 4.34. The van der Waals surface area contributed by atoms with Crippen LogP contribution in [0.2, 0.25) is 0 Å². The highest BCUT2D eigenvalue weighted by Crippen LogP contribution is 2.26. The lowest BCUT2D eigenvalue weighted by molar-refractivity contribution is 0.559. The maximum absolute atomic E-state index is 10.2. The molecule has 0 radical (unpaired) electrons. The lowest BCUT2D eigenvalue weighted by atomic mass is 9.95. The molecule has 0 spiro atoms. The van der Waals surface area contributed by atoms with Crippen molar-refractivity contribution in [1.82, 2.24) is 0 Å². The second-order valence-electron chi connectivity index (χ2n) is 3.70. The molecule has 0 heterocycles. The topological polar surface area (TPSA) is 29.4 Å². The highest BCUT2D eigenvalue weighted by molar-refractivity contribution is 5.65. The Morgan fingerprint density at radius 3 is 2.73 bits per heavy atom. The fourth-order valence-corrected chi connectivity index (χ4v) is 1.72. The van der Waals surface area contributed by atoms with Crippen molar-refractivity contribution in [3.63, 3.8) is 0 Å². The van der Waals surface area contributed by atoms with Crippen molar-refractivity contribution in [2.24, 2.45) is 4.99 Å². The van der Waals surface area contributed by atoms with Crippen LogP contribution in [0.3, 0.4) is 0 Å². The van der Waals surface area contributed by atoms with E-state index in [1.54, 1.807) is 6.08 Å². The van der Waals surface area contributed by atoms with Crippen LogP contribution in [0.25, 0.3) is 5.57 Å². The van der Waals surface area contributed by atoms with Gasteiger partial charge in [-0.05, 0) is 37.5 Å². The molecule has 0 aromatic heterocycles. The quantitative estimate of drug-likeness (QED) is 0.544. The number of allylic oxidation sites excluding steroid dienone is 1. The standard InChI is InChI=1S/C13H15NO/c1-9(2)12-6-5-7-13(10(12)3)11(4)14-8-15/h5-7,11H,1H2,2-4H3. The maximum atomic E-state index is 10.2. The first kappa shape index (κ1) is 11.4. The summed E-state index contributed by atoms with van der Waals surface area (Å²) >= 11 is 0. The van der Waals surface area contributed by atoms with Crippen molar-refractivity contribution in [3.8, 4) is 0 Å². The molecule has 0 aliphatic heterocycles. The van der Waals surface area contributed by atoms with Crippen LogP contribution in [0.1, 0.15) is 36.6 Å². The van der Waals surface area contributed by atoms with Crippen molar-refractivity contribution in [2.45, 2.75) is 26.8 Å². The number of hydrogen-bond acceptors (Lipinski definition) is 2. The van der Waals surface area contributed by atoms with Gasteiger partial charge in [0.05, 0.1) is 6.04 Å². The van der Waals surface area contributed by atoms with Crippen LogP contribution in [-0.4, -0.2) is 6.08 Å². The molecule has 0 aliphatic carbocycles. The molecule has 0 amide bonds. The number of aliphatic imine (C=N–C) groups is 1. The Kier molecular flexibility index (Phi) is 3.59. The Bertz CT molecular complexity index is 428. The molecule has 2 nitrogen and oxygen atoms in total. The summed E-state index contributed by atoms with van der Waals surface area (Å²) in [4.78, 5) is 13.9. The van der Waals surface area contributed by atoms with Gasteiger partial charge in [-0.2, -0.15) is 4.99 Å². The predicted molar refractivity (Wildman–Crippen MR) is 62.4 cm³/mol. The summed E-state index contributed by atoms with van der Waals surface area (Å²) in [5, 5.41) is 0. The summed E-state index contributed by atoms with van der Waals surface area (Å²) in [7, 11) is 0. The highest BCUT2D eigenvalue weighted by atomic mass is 16.1. The van der Waals surface area contributed by atoms with Gasteiger partial charge in [0.2, 0.25) is 6.08 Å². The van der Waals surface area contributed by atoms with Crippen molar-refractivity contribution >= 4 is 11.7 Å². The minimum absolute atomic E-state index is 0.137. The normalized spacial score (nSPS) is 11.7. The Balaban J connectivity index is 3.26. The highest BCUT2D eigenvalue weighted by Gasteiger charge is 2.09. The van der Waals surface area contributed by atoms with Crippen molar-refractivity contribution in [2.75, 3.05) is 0 Å². The van der Waals surface area contributed by atoms with Gasteiger partial charge in [-0.1, -0.05) is 30.4 Å². The summed E-state index contributed by atoms with van der Waals surface area (Å²) in [6, 6.07) is 5.83. The van der Waals surface area contributed by atoms with Gasteiger partial charge in [0.25, 0.3) is 0 Å². The van der Waals surface area contributed by atoms with E-state index in [1.807, 2.05) is 39.0 Å². The predicted octanol–water partition coefficient (Wildman–Crippen LogP) is 3.42. The van der Waals surface area contributed by atoms with Gasteiger partial charge < -0.3 is 0 Å². The van der Waals surface area contributed by atoms with Crippen LogP contribution in [0.5, 0.6) is 0 Å². The number of hydrogen-bond donors (Lipinski definition) is 0. The van der Waals surface area contributed by atoms with Gasteiger partial charge in [0, 0.05) is 0 Å². The van der Waals surface area contributed by atoms with Gasteiger partial charge in [-0.3, -0.25) is 0 Å². The molecule has 1 atom stereocenters. The van der Waals surface area contributed by atoms with Crippen molar-refractivity contribution in [1.29, 1.82) is 0 Å². The largest absolute Gasteiger partial charge is 0.235 e. The van der Waals surface area contributed by atoms with E-state index in [4.69, 9.17) is 0 Å². The number of rotatable bonds is 3. The zero-order chi connectivity index (χ0) is 11.4. The molecule has 0 N–H and O–H groups in total. The summed E-state index contributed by atoms with van der Waals surface area (Å²) < 4.78 is 0. The molecule has 1 unspecified atom stereocenters. The van der Waals surface area contributed by atoms with Crippen molar-refractivity contribution in [3.05, 3.63) is 41.5 Å². The first-order valence-corrected chi connectivity index (χ1v) is 4.90. The second kappa shape index (κ2) is 4.72. The first-order chi connectivity index (χ1) is 7.07. The maximum Gasteiger partial charge on any atom is 0.235 e. The van der Waals surface area contributed by atoms with Gasteiger partial charge in [0.15, 0.2) is 0 Å². The van der Waals surface area contributed by atoms with E-state index in [0.29, 0.717) is 0 Å². The Morgan fingerprint density at radius 1 is 1.53 bits per heavy atom. The van der Waals surface area contributed by atoms with E-state index in [-0.39, 0.29) is 6.04 Å². The zero-order valence-corrected chi connectivity index (χ0v) is 9.37. The van der Waals surface area contributed by atoms with E-state index in [1.165, 1.54) is 0 Å². The zero-order valence-electron chi connectivity index (χ0n) is 9.37. The molecule has 15 heavy (non-hydrogen) atoms. The summed E-state index contributed by atoms with van der Waals surface area (Å²) in [5.74, 6) is 0. The van der Waals surface area contributed by atoms with Crippen molar-refractivity contribution < 1.29 is 4.79 Å². The van der Waals surface area contributed by atoms with Gasteiger partial charge in [0.1, 0.15) is 0 Å². The monoisotopic (exact) mass is 201 g/mol. The number of isocyanates is 1. The van der Waals surface area contributed by atoms with Crippen LogP contribution in [0.4, 0.5) is 0 Å². The fraction of sp³-hybridized carbons (Fsp3) is 0.308. The molecule has 78 valence electrons. The summed E-state index contributed by atoms with van der Waals surface area (Å²) in [6.45, 7) is 9.81. The number of nitrogens with zero attached hydrogens (tertiary/aromatic N) is 1. The van der Waals surface area contributed by atoms with E-state index < -0.39 is 0 Å². The molecule has 0 fully saturated rings. The molecule has 0 aliphatic rings. The van der Waals surface area contributed by atoms with E-state index in [2.05, 4.69) is 11.6 Å². The fourth-order valence-electron chi connectivity index (χ4n) is 1.72. The Labute approximate surface area is 90.4 Å². The van der Waals surface area contributed by atoms with E-state index in [9.17, 15) is 4.79 Å². The molecule has 1 aromatic rings. The third-order valence-corrected chi connectivity index (χ3v) is 2.53. The van der Waals surface area contributed by atoms with Crippen LogP contribution in [-0.2, 0) is 4.79 Å². The van der Waals surface area contributed by atoms with E-state index >= 15 is 0 Å².